The molecular formula is C31H28N2O5S. The fourth-order valence-electron chi connectivity index (χ4n) is 4.89. The molecule has 39 heavy (non-hydrogen) atoms. The van der Waals surface area contributed by atoms with Gasteiger partial charge in [-0.25, -0.2) is 4.98 Å². The lowest BCUT2D eigenvalue weighted by Gasteiger charge is -2.23. The van der Waals surface area contributed by atoms with Crippen LogP contribution in [0.1, 0.15) is 33.9 Å². The summed E-state index contributed by atoms with van der Waals surface area (Å²) < 4.78 is 11.9. The van der Waals surface area contributed by atoms with Gasteiger partial charge in [0.25, 0.3) is 5.78 Å². The number of methoxy groups -OCH3 is 1. The summed E-state index contributed by atoms with van der Waals surface area (Å²) in [6.45, 7) is 9.84. The zero-order valence-corrected chi connectivity index (χ0v) is 23.0. The number of aliphatic hydroxyl groups excluding tert-OH is 1. The number of ketones is 1. The van der Waals surface area contributed by atoms with Crippen molar-refractivity contribution in [3.63, 3.8) is 0 Å². The molecule has 1 aliphatic rings. The first-order valence-electron chi connectivity index (χ1n) is 12.4. The number of Topliss-reactive ketones (excluding diaryl/α,β-unsaturated/α-hetero) is 1. The van der Waals surface area contributed by atoms with E-state index in [1.54, 1.807) is 55.7 Å². The predicted molar refractivity (Wildman–Crippen MR) is 154 cm³/mol. The van der Waals surface area contributed by atoms with Crippen molar-refractivity contribution in [3.05, 3.63) is 101 Å². The Morgan fingerprint density at radius 2 is 1.82 bits per heavy atom. The third-order valence-electron chi connectivity index (χ3n) is 6.70. The van der Waals surface area contributed by atoms with Gasteiger partial charge in [0.05, 0.1) is 28.9 Å². The lowest BCUT2D eigenvalue weighted by molar-refractivity contribution is -0.132. The van der Waals surface area contributed by atoms with Crippen molar-refractivity contribution in [1.29, 1.82) is 0 Å². The van der Waals surface area contributed by atoms with Crippen molar-refractivity contribution >= 4 is 44.1 Å². The van der Waals surface area contributed by atoms with E-state index in [4.69, 9.17) is 14.5 Å². The van der Waals surface area contributed by atoms with Crippen LogP contribution in [0.25, 0.3) is 16.0 Å². The molecule has 1 N–H and O–H groups in total. The molecule has 0 radical (unpaired) electrons. The molecule has 198 valence electrons. The second-order valence-corrected chi connectivity index (χ2v) is 10.5. The van der Waals surface area contributed by atoms with Gasteiger partial charge in [0.1, 0.15) is 23.9 Å². The maximum Gasteiger partial charge on any atom is 0.301 e. The zero-order valence-electron chi connectivity index (χ0n) is 22.1. The average Bonchev–Trinajstić information content (AvgIpc) is 3.45. The smallest absolute Gasteiger partial charge is 0.301 e. The fourth-order valence-corrected chi connectivity index (χ4v) is 6.06. The van der Waals surface area contributed by atoms with Crippen molar-refractivity contribution in [2.24, 2.45) is 0 Å². The molecule has 8 heteroatoms. The van der Waals surface area contributed by atoms with Crippen LogP contribution in [-0.4, -0.2) is 35.5 Å². The van der Waals surface area contributed by atoms with Crippen LogP contribution >= 0.6 is 11.3 Å². The van der Waals surface area contributed by atoms with Crippen LogP contribution in [0, 0.1) is 20.8 Å². The van der Waals surface area contributed by atoms with Gasteiger partial charge < -0.3 is 14.6 Å². The number of aryl methyl sites for hydroxylation is 3. The highest BCUT2D eigenvalue weighted by Gasteiger charge is 2.48. The van der Waals surface area contributed by atoms with Gasteiger partial charge in [0, 0.05) is 5.56 Å². The Morgan fingerprint density at radius 1 is 1.08 bits per heavy atom. The van der Waals surface area contributed by atoms with E-state index >= 15 is 0 Å². The molecule has 1 aromatic heterocycles. The van der Waals surface area contributed by atoms with E-state index in [0.717, 1.165) is 26.9 Å². The summed E-state index contributed by atoms with van der Waals surface area (Å²) in [5.74, 6) is -0.504. The van der Waals surface area contributed by atoms with Crippen molar-refractivity contribution in [2.45, 2.75) is 26.8 Å². The minimum absolute atomic E-state index is 0.00325. The number of hydrogen-bond acceptors (Lipinski definition) is 7. The standard InChI is InChI=1S/C31H28N2O5S/c1-6-13-38-22-10-7-20(8-11-22)27-25(28(34)21-9-12-23(37-5)18(3)16-21)29(35)30(36)33(27)31-32-26-19(4)14-17(2)15-24(26)39-31/h6-12,14-16,27,34H,1,13H2,2-5H3. The fraction of sp³-hybridized carbons (Fsp3) is 0.194. The second-order valence-electron chi connectivity index (χ2n) is 9.45. The van der Waals surface area contributed by atoms with Crippen LogP contribution in [0.5, 0.6) is 11.5 Å². The highest BCUT2D eigenvalue weighted by molar-refractivity contribution is 7.22. The molecule has 1 fully saturated rings. The van der Waals surface area contributed by atoms with Crippen LogP contribution in [-0.2, 0) is 9.59 Å². The first kappa shape index (κ1) is 26.2. The van der Waals surface area contributed by atoms with E-state index in [9.17, 15) is 14.7 Å². The van der Waals surface area contributed by atoms with Gasteiger partial charge in [-0.2, -0.15) is 0 Å². The molecule has 0 spiro atoms. The monoisotopic (exact) mass is 540 g/mol. The number of hydrogen-bond donors (Lipinski definition) is 1. The van der Waals surface area contributed by atoms with E-state index in [-0.39, 0.29) is 11.3 Å². The number of carbonyl (C=O) groups is 2. The maximum absolute atomic E-state index is 13.6. The summed E-state index contributed by atoms with van der Waals surface area (Å²) >= 11 is 1.34. The number of anilines is 1. The maximum atomic E-state index is 13.6. The molecule has 1 atom stereocenters. The molecule has 0 aliphatic carbocycles. The highest BCUT2D eigenvalue weighted by atomic mass is 32.1. The number of aliphatic hydroxyl groups is 1. The summed E-state index contributed by atoms with van der Waals surface area (Å²) in [5, 5.41) is 11.9. The number of nitrogens with zero attached hydrogens (tertiary/aromatic N) is 2. The normalized spacial score (nSPS) is 16.6. The summed E-state index contributed by atoms with van der Waals surface area (Å²) in [7, 11) is 1.57. The van der Waals surface area contributed by atoms with Crippen LogP contribution in [0.3, 0.4) is 0 Å². The van der Waals surface area contributed by atoms with Gasteiger partial charge in [-0.3, -0.25) is 14.5 Å². The minimum Gasteiger partial charge on any atom is -0.507 e. The number of carbonyl (C=O) groups excluding carboxylic acids is 2. The first-order chi connectivity index (χ1) is 18.7. The van der Waals surface area contributed by atoms with Gasteiger partial charge in [-0.1, -0.05) is 42.2 Å². The third-order valence-corrected chi connectivity index (χ3v) is 7.70. The highest BCUT2D eigenvalue weighted by Crippen LogP contribution is 2.45. The molecule has 1 aliphatic heterocycles. The number of rotatable bonds is 7. The van der Waals surface area contributed by atoms with Gasteiger partial charge in [-0.05, 0) is 79.4 Å². The van der Waals surface area contributed by atoms with Crippen LogP contribution in [0.4, 0.5) is 5.13 Å². The van der Waals surface area contributed by atoms with Crippen molar-refractivity contribution in [1.82, 2.24) is 4.98 Å². The Bertz CT molecular complexity index is 1650. The second kappa shape index (κ2) is 10.4. The summed E-state index contributed by atoms with van der Waals surface area (Å²) in [4.78, 5) is 33.3. The van der Waals surface area contributed by atoms with E-state index < -0.39 is 17.7 Å². The Labute approximate surface area is 230 Å². The van der Waals surface area contributed by atoms with Crippen LogP contribution < -0.4 is 14.4 Å². The van der Waals surface area contributed by atoms with Crippen molar-refractivity contribution < 1.29 is 24.2 Å². The van der Waals surface area contributed by atoms with E-state index in [0.29, 0.717) is 34.4 Å². The van der Waals surface area contributed by atoms with Crippen molar-refractivity contribution in [3.8, 4) is 11.5 Å². The first-order valence-corrected chi connectivity index (χ1v) is 13.2. The van der Waals surface area contributed by atoms with Gasteiger partial charge in [0.15, 0.2) is 5.13 Å². The third kappa shape index (κ3) is 4.68. The summed E-state index contributed by atoms with van der Waals surface area (Å²) in [6, 6.07) is 15.4. The average molecular weight is 541 g/mol. The van der Waals surface area contributed by atoms with Gasteiger partial charge in [0.2, 0.25) is 0 Å². The quantitative estimate of drug-likeness (QED) is 0.126. The molecule has 0 bridgehead atoms. The SMILES string of the molecule is C=CCOc1ccc(C2C(=C(O)c3ccc(OC)c(C)c3)C(=O)C(=O)N2c2nc3c(C)cc(C)cc3s2)cc1. The lowest BCUT2D eigenvalue weighted by atomic mass is 9.95. The zero-order chi connectivity index (χ0) is 27.8. The molecule has 5 rings (SSSR count). The number of fused-ring (bicyclic) bond motifs is 1. The number of benzene rings is 3. The molecule has 3 aromatic carbocycles. The number of aromatic nitrogens is 1. The van der Waals surface area contributed by atoms with E-state index in [1.165, 1.54) is 16.2 Å². The molecule has 4 aromatic rings. The Kier molecular flexibility index (Phi) is 6.97. The molecule has 1 amide bonds. The van der Waals surface area contributed by atoms with E-state index in [2.05, 4.69) is 6.58 Å². The molecule has 1 saturated heterocycles. The largest absolute Gasteiger partial charge is 0.507 e. The predicted octanol–water partition coefficient (Wildman–Crippen LogP) is 6.42. The Hall–Kier alpha value is -4.43. The van der Waals surface area contributed by atoms with E-state index in [1.807, 2.05) is 32.9 Å². The molecular weight excluding hydrogens is 512 g/mol. The number of thiazole rings is 1. The number of ether oxygens (including phenoxy) is 2. The molecule has 7 nitrogen and oxygen atoms in total. The topological polar surface area (TPSA) is 89.0 Å². The van der Waals surface area contributed by atoms with Crippen LogP contribution in [0.15, 0.2) is 72.8 Å². The number of amides is 1. The molecule has 1 unspecified atom stereocenters. The Balaban J connectivity index is 1.70. The van der Waals surface area contributed by atoms with Gasteiger partial charge >= 0.3 is 5.91 Å². The lowest BCUT2D eigenvalue weighted by Crippen LogP contribution is -2.29. The van der Waals surface area contributed by atoms with Gasteiger partial charge in [-0.15, -0.1) is 0 Å². The Morgan fingerprint density at radius 3 is 2.49 bits per heavy atom. The van der Waals surface area contributed by atoms with Crippen molar-refractivity contribution in [2.75, 3.05) is 18.6 Å². The van der Waals surface area contributed by atoms with Crippen LogP contribution in [0.2, 0.25) is 0 Å². The summed E-state index contributed by atoms with van der Waals surface area (Å²) in [6.07, 6.45) is 1.65. The molecule has 2 heterocycles. The summed E-state index contributed by atoms with van der Waals surface area (Å²) in [5.41, 5.74) is 4.68. The molecule has 0 saturated carbocycles. The minimum atomic E-state index is -0.886.